The van der Waals surface area contributed by atoms with Crippen molar-refractivity contribution in [2.75, 3.05) is 18.1 Å². The Hall–Kier alpha value is -4.80. The van der Waals surface area contributed by atoms with Crippen LogP contribution >= 0.6 is 0 Å². The van der Waals surface area contributed by atoms with Crippen molar-refractivity contribution in [3.8, 4) is 0 Å². The maximum absolute atomic E-state index is 15.1. The van der Waals surface area contributed by atoms with Crippen molar-refractivity contribution in [3.63, 3.8) is 0 Å². The Bertz CT molecular complexity index is 1850. The summed E-state index contributed by atoms with van der Waals surface area (Å²) in [5.41, 5.74) is 0.0237. The number of benzene rings is 3. The van der Waals surface area contributed by atoms with Crippen LogP contribution in [0.5, 0.6) is 0 Å². The Morgan fingerprint density at radius 1 is 1.04 bits per heavy atom. The average molecular weight is 722 g/mol. The van der Waals surface area contributed by atoms with Crippen molar-refractivity contribution in [2.45, 2.75) is 88.8 Å². The van der Waals surface area contributed by atoms with Gasteiger partial charge in [0.1, 0.15) is 17.7 Å². The summed E-state index contributed by atoms with van der Waals surface area (Å²) < 4.78 is 13.0. The molecule has 3 aliphatic rings. The number of fused-ring (bicyclic) bond motifs is 2. The number of anilines is 1. The first-order chi connectivity index (χ1) is 25.5. The predicted octanol–water partition coefficient (Wildman–Crippen LogP) is 5.90. The number of carbonyl (C=O) groups is 4. The van der Waals surface area contributed by atoms with Gasteiger partial charge in [-0.05, 0) is 67.0 Å². The van der Waals surface area contributed by atoms with E-state index in [1.807, 2.05) is 86.6 Å². The van der Waals surface area contributed by atoms with Crippen LogP contribution in [-0.2, 0) is 28.7 Å². The molecule has 3 fully saturated rings. The number of hydrogen-bond donors (Lipinski definition) is 2. The molecule has 0 aliphatic carbocycles. The minimum absolute atomic E-state index is 0.103. The van der Waals surface area contributed by atoms with E-state index in [0.717, 1.165) is 10.8 Å². The second kappa shape index (κ2) is 16.1. The van der Waals surface area contributed by atoms with Gasteiger partial charge in [0, 0.05) is 18.7 Å². The maximum Gasteiger partial charge on any atom is 0.313 e. The summed E-state index contributed by atoms with van der Waals surface area (Å²) in [6.45, 7) is 13.2. The van der Waals surface area contributed by atoms with Crippen LogP contribution in [0.15, 0.2) is 98.1 Å². The van der Waals surface area contributed by atoms with Crippen LogP contribution in [0, 0.1) is 17.8 Å². The van der Waals surface area contributed by atoms with Crippen LogP contribution in [-0.4, -0.2) is 76.7 Å². The summed E-state index contributed by atoms with van der Waals surface area (Å²) in [5.74, 6) is -3.46. The number of aliphatic hydroxyl groups excluding tert-OH is 1. The Balaban J connectivity index is 1.37. The minimum atomic E-state index is -1.31. The van der Waals surface area contributed by atoms with Crippen LogP contribution in [0.4, 0.5) is 5.69 Å². The highest BCUT2D eigenvalue weighted by atomic mass is 16.6. The van der Waals surface area contributed by atoms with Crippen molar-refractivity contribution in [3.05, 3.63) is 104 Å². The summed E-state index contributed by atoms with van der Waals surface area (Å²) in [6, 6.07) is 20.5. The first-order valence-corrected chi connectivity index (χ1v) is 18.7. The van der Waals surface area contributed by atoms with Gasteiger partial charge in [-0.25, -0.2) is 0 Å². The number of ether oxygens (including phenoxy) is 2. The molecule has 280 valence electrons. The molecule has 0 radical (unpaired) electrons. The number of likely N-dealkylation sites (tertiary alicyclic amines) is 1. The SMILES string of the molecule is C=CCCC(=O)N[C@@H](C)[C@H](OC(=O)[C@@H]1[C@@H]2CC[C@]3(O2)[C@H](C(=O)N(CC=C)c2ccc4ccccc4c2)N([C@@H](CO)CC(C)C)C(=O)[C@@H]13)c1ccccc1. The summed E-state index contributed by atoms with van der Waals surface area (Å²) in [4.78, 5) is 60.4. The van der Waals surface area contributed by atoms with Gasteiger partial charge in [0.05, 0.1) is 36.6 Å². The third-order valence-corrected chi connectivity index (χ3v) is 11.0. The van der Waals surface area contributed by atoms with Crippen LogP contribution in [0.25, 0.3) is 10.8 Å². The molecule has 3 aromatic rings. The van der Waals surface area contributed by atoms with E-state index < -0.39 is 59.6 Å². The standard InChI is InChI=1S/C43H51N3O7/c1-6-8-18-35(48)44-28(5)38(30-15-10-9-11-16-30)52-42(51)36-34-21-22-43(53-34)37(36)40(49)46(33(26-47)24-27(3)4)39(43)41(50)45(23-7-2)32-20-19-29-14-12-13-17-31(29)25-32/h6-7,9-17,19-20,25,27-28,33-34,36-39,47H,1-2,8,18,21-24,26H2,3-5H3,(H,44,48)/t28-,33+,34-,36+,37+,38-,39-,43+/m0/s1. The molecule has 0 saturated carbocycles. The number of nitrogens with zero attached hydrogens (tertiary/aromatic N) is 2. The number of aliphatic hydroxyl groups is 1. The monoisotopic (exact) mass is 721 g/mol. The zero-order valence-electron chi connectivity index (χ0n) is 30.9. The van der Waals surface area contributed by atoms with E-state index in [2.05, 4.69) is 18.5 Å². The Morgan fingerprint density at radius 2 is 1.75 bits per heavy atom. The van der Waals surface area contributed by atoms with E-state index in [1.54, 1.807) is 24.0 Å². The molecule has 6 rings (SSSR count). The highest BCUT2D eigenvalue weighted by molar-refractivity contribution is 6.05. The van der Waals surface area contributed by atoms with Gasteiger partial charge in [0.2, 0.25) is 11.8 Å². The molecule has 1 spiro atoms. The number of hydrogen-bond acceptors (Lipinski definition) is 7. The van der Waals surface area contributed by atoms with Crippen molar-refractivity contribution in [1.29, 1.82) is 0 Å². The van der Waals surface area contributed by atoms with Gasteiger partial charge in [0.15, 0.2) is 0 Å². The number of rotatable bonds is 16. The third-order valence-electron chi connectivity index (χ3n) is 11.0. The molecule has 0 unspecified atom stereocenters. The first-order valence-electron chi connectivity index (χ1n) is 18.7. The third kappa shape index (κ3) is 7.27. The van der Waals surface area contributed by atoms with Gasteiger partial charge < -0.3 is 29.7 Å². The molecule has 2 N–H and O–H groups in total. The normalized spacial score (nSPS) is 24.8. The summed E-state index contributed by atoms with van der Waals surface area (Å²) >= 11 is 0. The lowest BCUT2D eigenvalue weighted by Crippen LogP contribution is -2.59. The van der Waals surface area contributed by atoms with E-state index in [0.29, 0.717) is 36.9 Å². The van der Waals surface area contributed by atoms with Crippen LogP contribution in [0.3, 0.4) is 0 Å². The number of carbonyl (C=O) groups excluding carboxylic acids is 4. The lowest BCUT2D eigenvalue weighted by molar-refractivity contribution is -0.162. The topological polar surface area (TPSA) is 125 Å². The van der Waals surface area contributed by atoms with Gasteiger partial charge >= 0.3 is 5.97 Å². The largest absolute Gasteiger partial charge is 0.455 e. The fraction of sp³-hybridized carbons (Fsp3) is 0.442. The highest BCUT2D eigenvalue weighted by Gasteiger charge is 2.75. The number of nitrogens with one attached hydrogen (secondary N) is 1. The molecule has 3 saturated heterocycles. The smallest absolute Gasteiger partial charge is 0.313 e. The minimum Gasteiger partial charge on any atom is -0.455 e. The number of amides is 3. The highest BCUT2D eigenvalue weighted by Crippen LogP contribution is 2.59. The fourth-order valence-electron chi connectivity index (χ4n) is 8.74. The molecule has 0 aromatic heterocycles. The van der Waals surface area contributed by atoms with E-state index in [-0.39, 0.29) is 37.3 Å². The van der Waals surface area contributed by atoms with Crippen molar-refractivity contribution < 1.29 is 33.8 Å². The van der Waals surface area contributed by atoms with E-state index >= 15 is 4.79 Å². The average Bonchev–Trinajstić information content (AvgIpc) is 3.81. The maximum atomic E-state index is 15.1. The molecule has 3 aromatic carbocycles. The Labute approximate surface area is 311 Å². The van der Waals surface area contributed by atoms with Gasteiger partial charge in [-0.1, -0.05) is 86.7 Å². The Kier molecular flexibility index (Phi) is 11.5. The van der Waals surface area contributed by atoms with Crippen LogP contribution in [0.1, 0.15) is 64.5 Å². The van der Waals surface area contributed by atoms with E-state index in [4.69, 9.17) is 9.47 Å². The van der Waals surface area contributed by atoms with Gasteiger partial charge in [0.25, 0.3) is 5.91 Å². The van der Waals surface area contributed by atoms with Gasteiger partial charge in [-0.2, -0.15) is 0 Å². The zero-order chi connectivity index (χ0) is 37.9. The lowest BCUT2D eigenvalue weighted by Gasteiger charge is -2.39. The molecular formula is C43H51N3O7. The number of allylic oxidation sites excluding steroid dienone is 1. The second-order valence-electron chi connectivity index (χ2n) is 15.0. The lowest BCUT2D eigenvalue weighted by atomic mass is 9.70. The molecule has 8 atom stereocenters. The van der Waals surface area contributed by atoms with E-state index in [1.165, 1.54) is 4.90 Å². The predicted molar refractivity (Wildman–Crippen MR) is 204 cm³/mol. The summed E-state index contributed by atoms with van der Waals surface area (Å²) in [6.07, 6.45) is 3.88. The van der Waals surface area contributed by atoms with Crippen molar-refractivity contribution >= 4 is 40.2 Å². The molecule has 3 amide bonds. The molecule has 3 aliphatic heterocycles. The van der Waals surface area contributed by atoms with Crippen molar-refractivity contribution in [1.82, 2.24) is 10.2 Å². The van der Waals surface area contributed by atoms with Gasteiger partial charge in [-0.15, -0.1) is 13.2 Å². The second-order valence-corrected chi connectivity index (χ2v) is 15.0. The van der Waals surface area contributed by atoms with Crippen LogP contribution in [0.2, 0.25) is 0 Å². The first kappa shape index (κ1) is 37.9. The molecule has 10 nitrogen and oxygen atoms in total. The molecular weight excluding hydrogens is 670 g/mol. The molecule has 53 heavy (non-hydrogen) atoms. The number of esters is 1. The molecule has 2 bridgehead atoms. The van der Waals surface area contributed by atoms with Crippen molar-refractivity contribution in [2.24, 2.45) is 17.8 Å². The zero-order valence-corrected chi connectivity index (χ0v) is 30.9. The molecule has 10 heteroatoms. The van der Waals surface area contributed by atoms with Crippen LogP contribution < -0.4 is 10.2 Å². The fourth-order valence-corrected chi connectivity index (χ4v) is 8.74. The summed E-state index contributed by atoms with van der Waals surface area (Å²) in [5, 5.41) is 15.7. The summed E-state index contributed by atoms with van der Waals surface area (Å²) in [7, 11) is 0. The Morgan fingerprint density at radius 3 is 2.43 bits per heavy atom. The van der Waals surface area contributed by atoms with Gasteiger partial charge in [-0.3, -0.25) is 19.2 Å². The quantitative estimate of drug-likeness (QED) is 0.140. The van der Waals surface area contributed by atoms with E-state index in [9.17, 15) is 19.5 Å². The molecule has 3 heterocycles.